The van der Waals surface area contributed by atoms with Gasteiger partial charge in [-0.25, -0.2) is 0 Å². The Morgan fingerprint density at radius 1 is 1.58 bits per heavy atom. The van der Waals surface area contributed by atoms with Crippen LogP contribution in [0.5, 0.6) is 0 Å². The molecule has 0 aromatic rings. The van der Waals surface area contributed by atoms with Gasteiger partial charge in [-0.15, -0.1) is 0 Å². The molecule has 2 unspecified atom stereocenters. The Morgan fingerprint density at radius 2 is 2.42 bits per heavy atom. The van der Waals surface area contributed by atoms with E-state index in [9.17, 15) is 0 Å². The van der Waals surface area contributed by atoms with Crippen LogP contribution in [-0.2, 0) is 9.47 Å². The summed E-state index contributed by atoms with van der Waals surface area (Å²) in [7, 11) is 3.77. The van der Waals surface area contributed by atoms with Crippen molar-refractivity contribution in [1.29, 1.82) is 0 Å². The maximum atomic E-state index is 5.42. The summed E-state index contributed by atoms with van der Waals surface area (Å²) in [5.41, 5.74) is 0. The molecule has 12 heavy (non-hydrogen) atoms. The standard InChI is InChI=1S/C9H19NO2/c1-10-9-4-6-12-7-8(9)3-5-11-2/h8-10H,3-7H2,1-2H3. The highest BCUT2D eigenvalue weighted by Crippen LogP contribution is 2.17. The van der Waals surface area contributed by atoms with Crippen molar-refractivity contribution in [1.82, 2.24) is 5.32 Å². The third-order valence-electron chi connectivity index (χ3n) is 2.54. The SMILES string of the molecule is CNC1CCOCC1CCOC. The maximum Gasteiger partial charge on any atom is 0.0510 e. The van der Waals surface area contributed by atoms with E-state index in [0.29, 0.717) is 12.0 Å². The highest BCUT2D eigenvalue weighted by Gasteiger charge is 2.23. The van der Waals surface area contributed by atoms with Crippen molar-refractivity contribution in [2.24, 2.45) is 5.92 Å². The van der Waals surface area contributed by atoms with Gasteiger partial charge in [0.2, 0.25) is 0 Å². The van der Waals surface area contributed by atoms with Crippen molar-refractivity contribution in [3.63, 3.8) is 0 Å². The van der Waals surface area contributed by atoms with E-state index in [1.54, 1.807) is 7.11 Å². The summed E-state index contributed by atoms with van der Waals surface area (Å²) in [5, 5.41) is 3.33. The van der Waals surface area contributed by atoms with Gasteiger partial charge in [-0.3, -0.25) is 0 Å². The first-order valence-electron chi connectivity index (χ1n) is 4.62. The van der Waals surface area contributed by atoms with Gasteiger partial charge >= 0.3 is 0 Å². The zero-order chi connectivity index (χ0) is 8.81. The van der Waals surface area contributed by atoms with Crippen LogP contribution in [0, 0.1) is 5.92 Å². The van der Waals surface area contributed by atoms with Crippen molar-refractivity contribution in [2.75, 3.05) is 34.0 Å². The molecule has 3 heteroatoms. The Hall–Kier alpha value is -0.120. The molecule has 0 aromatic heterocycles. The Balaban J connectivity index is 2.26. The van der Waals surface area contributed by atoms with Crippen LogP contribution in [-0.4, -0.2) is 40.0 Å². The van der Waals surface area contributed by atoms with E-state index in [1.165, 1.54) is 0 Å². The second-order valence-corrected chi connectivity index (χ2v) is 3.30. The van der Waals surface area contributed by atoms with E-state index in [1.807, 2.05) is 7.05 Å². The summed E-state index contributed by atoms with van der Waals surface area (Å²) in [6.45, 7) is 2.62. The molecule has 2 atom stereocenters. The van der Waals surface area contributed by atoms with Crippen molar-refractivity contribution < 1.29 is 9.47 Å². The average Bonchev–Trinajstić information content (AvgIpc) is 2.15. The Bertz CT molecular complexity index is 119. The van der Waals surface area contributed by atoms with Gasteiger partial charge in [-0.05, 0) is 25.8 Å². The third-order valence-corrected chi connectivity index (χ3v) is 2.54. The molecule has 1 rings (SSSR count). The fraction of sp³-hybridized carbons (Fsp3) is 1.00. The largest absolute Gasteiger partial charge is 0.385 e. The first-order chi connectivity index (χ1) is 5.88. The predicted molar refractivity (Wildman–Crippen MR) is 48.3 cm³/mol. The molecule has 0 amide bonds. The molecule has 1 fully saturated rings. The van der Waals surface area contributed by atoms with Crippen LogP contribution in [0.4, 0.5) is 0 Å². The molecule has 3 nitrogen and oxygen atoms in total. The Kier molecular flexibility index (Phi) is 4.58. The molecule has 1 heterocycles. The van der Waals surface area contributed by atoms with Gasteiger partial charge in [0.15, 0.2) is 0 Å². The molecule has 1 saturated heterocycles. The smallest absolute Gasteiger partial charge is 0.0510 e. The summed E-state index contributed by atoms with van der Waals surface area (Å²) in [5.74, 6) is 0.628. The molecule has 0 saturated carbocycles. The molecule has 72 valence electrons. The fourth-order valence-corrected chi connectivity index (χ4v) is 1.73. The molecular formula is C9H19NO2. The van der Waals surface area contributed by atoms with E-state index < -0.39 is 0 Å². The van der Waals surface area contributed by atoms with Crippen LogP contribution in [0.25, 0.3) is 0 Å². The van der Waals surface area contributed by atoms with E-state index in [2.05, 4.69) is 5.32 Å². The monoisotopic (exact) mass is 173 g/mol. The highest BCUT2D eigenvalue weighted by atomic mass is 16.5. The maximum absolute atomic E-state index is 5.42. The van der Waals surface area contributed by atoms with Crippen LogP contribution in [0.1, 0.15) is 12.8 Å². The van der Waals surface area contributed by atoms with Gasteiger partial charge < -0.3 is 14.8 Å². The molecule has 0 aromatic carbocycles. The summed E-state index contributed by atoms with van der Waals surface area (Å²) in [4.78, 5) is 0. The van der Waals surface area contributed by atoms with Crippen LogP contribution >= 0.6 is 0 Å². The molecule has 1 N–H and O–H groups in total. The van der Waals surface area contributed by atoms with Gasteiger partial charge in [0.05, 0.1) is 6.61 Å². The number of rotatable bonds is 4. The second-order valence-electron chi connectivity index (χ2n) is 3.30. The number of hydrogen-bond donors (Lipinski definition) is 1. The number of nitrogens with one attached hydrogen (secondary N) is 1. The van der Waals surface area contributed by atoms with Crippen molar-refractivity contribution in [2.45, 2.75) is 18.9 Å². The van der Waals surface area contributed by atoms with Crippen molar-refractivity contribution in [3.8, 4) is 0 Å². The van der Waals surface area contributed by atoms with Crippen molar-refractivity contribution in [3.05, 3.63) is 0 Å². The molecule has 0 aliphatic carbocycles. The first-order valence-corrected chi connectivity index (χ1v) is 4.62. The first kappa shape index (κ1) is 9.96. The van der Waals surface area contributed by atoms with Gasteiger partial charge in [-0.2, -0.15) is 0 Å². The molecule has 0 radical (unpaired) electrons. The lowest BCUT2D eigenvalue weighted by molar-refractivity contribution is 0.0206. The Labute approximate surface area is 74.4 Å². The van der Waals surface area contributed by atoms with Gasteiger partial charge in [0.1, 0.15) is 0 Å². The molecule has 1 aliphatic rings. The highest BCUT2D eigenvalue weighted by molar-refractivity contribution is 4.78. The third kappa shape index (κ3) is 2.73. The lowest BCUT2D eigenvalue weighted by atomic mass is 9.93. The van der Waals surface area contributed by atoms with E-state index in [0.717, 1.165) is 32.7 Å². The minimum Gasteiger partial charge on any atom is -0.385 e. The number of hydrogen-bond acceptors (Lipinski definition) is 3. The molecule has 0 bridgehead atoms. The molecular weight excluding hydrogens is 154 g/mol. The minimum atomic E-state index is 0.619. The van der Waals surface area contributed by atoms with Gasteiger partial charge in [0, 0.05) is 26.4 Å². The summed E-state index contributed by atoms with van der Waals surface area (Å²) >= 11 is 0. The molecule has 1 aliphatic heterocycles. The van der Waals surface area contributed by atoms with E-state index in [-0.39, 0.29) is 0 Å². The van der Waals surface area contributed by atoms with Gasteiger partial charge in [-0.1, -0.05) is 0 Å². The minimum absolute atomic E-state index is 0.619. The number of ether oxygens (including phenoxy) is 2. The summed E-state index contributed by atoms with van der Waals surface area (Å²) in [6.07, 6.45) is 2.23. The average molecular weight is 173 g/mol. The normalized spacial score (nSPS) is 30.5. The quantitative estimate of drug-likeness (QED) is 0.677. The second kappa shape index (κ2) is 5.51. The zero-order valence-electron chi connectivity index (χ0n) is 8.01. The van der Waals surface area contributed by atoms with Crippen LogP contribution in [0.2, 0.25) is 0 Å². The predicted octanol–water partition coefficient (Wildman–Crippen LogP) is 0.647. The van der Waals surface area contributed by atoms with Gasteiger partial charge in [0.25, 0.3) is 0 Å². The van der Waals surface area contributed by atoms with Crippen LogP contribution in [0.15, 0.2) is 0 Å². The van der Waals surface area contributed by atoms with E-state index >= 15 is 0 Å². The fourth-order valence-electron chi connectivity index (χ4n) is 1.73. The van der Waals surface area contributed by atoms with Crippen LogP contribution < -0.4 is 5.32 Å². The molecule has 0 spiro atoms. The van der Waals surface area contributed by atoms with Crippen LogP contribution in [0.3, 0.4) is 0 Å². The lowest BCUT2D eigenvalue weighted by Crippen LogP contribution is -2.41. The summed E-state index contributed by atoms with van der Waals surface area (Å²) in [6, 6.07) is 0.619. The van der Waals surface area contributed by atoms with E-state index in [4.69, 9.17) is 9.47 Å². The lowest BCUT2D eigenvalue weighted by Gasteiger charge is -2.31. The Morgan fingerprint density at radius 3 is 3.08 bits per heavy atom. The summed E-state index contributed by atoms with van der Waals surface area (Å²) < 4.78 is 10.5. The number of methoxy groups -OCH3 is 1. The van der Waals surface area contributed by atoms with Crippen molar-refractivity contribution >= 4 is 0 Å². The topological polar surface area (TPSA) is 30.5 Å². The zero-order valence-corrected chi connectivity index (χ0v) is 8.01.